The minimum absolute atomic E-state index is 0.748. The van der Waals surface area contributed by atoms with E-state index in [9.17, 15) is 4.21 Å². The van der Waals surface area contributed by atoms with Gasteiger partial charge in [-0.3, -0.25) is 0 Å². The molecule has 1 aromatic carbocycles. The predicted octanol–water partition coefficient (Wildman–Crippen LogP) is 2.51. The maximum atomic E-state index is 11.9. The van der Waals surface area contributed by atoms with Gasteiger partial charge in [-0.25, -0.2) is 4.21 Å². The van der Waals surface area contributed by atoms with Crippen LogP contribution in [0.1, 0.15) is 12.0 Å². The van der Waals surface area contributed by atoms with Crippen LogP contribution in [0, 0.1) is 6.92 Å². The molecule has 0 radical (unpaired) electrons. The van der Waals surface area contributed by atoms with Crippen molar-refractivity contribution in [2.75, 3.05) is 18.6 Å². The molecule has 0 amide bonds. The molecular weight excluding hydrogens is 210 g/mol. The van der Waals surface area contributed by atoms with Gasteiger partial charge in [-0.2, -0.15) is 4.36 Å². The van der Waals surface area contributed by atoms with Crippen molar-refractivity contribution < 1.29 is 8.95 Å². The van der Waals surface area contributed by atoms with Crippen LogP contribution in [0.3, 0.4) is 0 Å². The first-order valence-corrected chi connectivity index (χ1v) is 6.85. The fraction of sp³-hybridized carbons (Fsp3) is 0.455. The van der Waals surface area contributed by atoms with Crippen molar-refractivity contribution in [1.29, 1.82) is 0 Å². The van der Waals surface area contributed by atoms with Gasteiger partial charge in [0, 0.05) is 11.5 Å². The van der Waals surface area contributed by atoms with Gasteiger partial charge in [0.05, 0.1) is 22.5 Å². The van der Waals surface area contributed by atoms with E-state index in [0.717, 1.165) is 34.9 Å². The first kappa shape index (κ1) is 10.5. The van der Waals surface area contributed by atoms with E-state index in [2.05, 4.69) is 4.36 Å². The summed E-state index contributed by atoms with van der Waals surface area (Å²) in [6.07, 6.45) is 1.04. The molecule has 4 heteroatoms. The summed E-state index contributed by atoms with van der Waals surface area (Å²) in [6.45, 7) is 1.96. The van der Waals surface area contributed by atoms with Gasteiger partial charge in [-0.1, -0.05) is 0 Å². The Labute approximate surface area is 90.6 Å². The van der Waals surface area contributed by atoms with E-state index in [0.29, 0.717) is 0 Å². The minimum Gasteiger partial charge on any atom is -0.496 e. The molecule has 15 heavy (non-hydrogen) atoms. The van der Waals surface area contributed by atoms with E-state index in [1.807, 2.05) is 25.1 Å². The van der Waals surface area contributed by atoms with Gasteiger partial charge >= 0.3 is 0 Å². The lowest BCUT2D eigenvalue weighted by Gasteiger charge is -2.18. The maximum Gasteiger partial charge on any atom is 0.121 e. The molecule has 0 saturated carbocycles. The summed E-state index contributed by atoms with van der Waals surface area (Å²) in [7, 11) is -0.250. The highest BCUT2D eigenvalue weighted by Crippen LogP contribution is 2.26. The molecule has 3 nitrogen and oxygen atoms in total. The highest BCUT2D eigenvalue weighted by Gasteiger charge is 2.19. The lowest BCUT2D eigenvalue weighted by molar-refractivity contribution is 0.412. The SMILES string of the molecule is COc1ccc(N=S2(=O)CCC2)cc1C. The molecule has 1 fully saturated rings. The third kappa shape index (κ3) is 2.15. The van der Waals surface area contributed by atoms with Crippen LogP contribution < -0.4 is 4.74 Å². The van der Waals surface area contributed by atoms with Crippen LogP contribution in [0.15, 0.2) is 22.6 Å². The van der Waals surface area contributed by atoms with Crippen LogP contribution in [0.25, 0.3) is 0 Å². The molecule has 82 valence electrons. The molecule has 1 aliphatic heterocycles. The number of rotatable bonds is 2. The highest BCUT2D eigenvalue weighted by atomic mass is 32.2. The lowest BCUT2D eigenvalue weighted by Crippen LogP contribution is -2.22. The molecule has 0 unspecified atom stereocenters. The van der Waals surface area contributed by atoms with Gasteiger partial charge < -0.3 is 4.74 Å². The van der Waals surface area contributed by atoms with Crippen molar-refractivity contribution >= 4 is 15.4 Å². The Morgan fingerprint density at radius 3 is 2.60 bits per heavy atom. The zero-order valence-electron chi connectivity index (χ0n) is 9.03. The summed E-state index contributed by atoms with van der Waals surface area (Å²) in [6, 6.07) is 5.65. The Balaban J connectivity index is 2.35. The van der Waals surface area contributed by atoms with Crippen LogP contribution in [-0.4, -0.2) is 22.8 Å². The smallest absolute Gasteiger partial charge is 0.121 e. The Morgan fingerprint density at radius 2 is 2.13 bits per heavy atom. The quantitative estimate of drug-likeness (QED) is 0.775. The van der Waals surface area contributed by atoms with Crippen LogP contribution in [0.2, 0.25) is 0 Å². The second-order valence-electron chi connectivity index (χ2n) is 3.78. The number of methoxy groups -OCH3 is 1. The Morgan fingerprint density at radius 1 is 1.40 bits per heavy atom. The van der Waals surface area contributed by atoms with Crippen molar-refractivity contribution in [3.05, 3.63) is 23.8 Å². The van der Waals surface area contributed by atoms with Crippen molar-refractivity contribution in [1.82, 2.24) is 0 Å². The summed E-state index contributed by atoms with van der Waals surface area (Å²) in [4.78, 5) is 0. The number of nitrogens with zero attached hydrogens (tertiary/aromatic N) is 1. The van der Waals surface area contributed by atoms with E-state index >= 15 is 0 Å². The Kier molecular flexibility index (Phi) is 2.69. The number of hydrogen-bond donors (Lipinski definition) is 0. The van der Waals surface area contributed by atoms with Gasteiger partial charge in [-0.15, -0.1) is 0 Å². The van der Waals surface area contributed by atoms with Crippen LogP contribution in [0.4, 0.5) is 5.69 Å². The second-order valence-corrected chi connectivity index (χ2v) is 6.32. The highest BCUT2D eigenvalue weighted by molar-refractivity contribution is 7.95. The van der Waals surface area contributed by atoms with E-state index < -0.39 is 9.73 Å². The summed E-state index contributed by atoms with van der Waals surface area (Å²) in [5, 5.41) is 0. The third-order valence-electron chi connectivity index (χ3n) is 2.58. The summed E-state index contributed by atoms with van der Waals surface area (Å²) < 4.78 is 21.3. The van der Waals surface area contributed by atoms with Crippen molar-refractivity contribution in [3.8, 4) is 5.75 Å². The largest absolute Gasteiger partial charge is 0.496 e. The number of hydrogen-bond acceptors (Lipinski definition) is 3. The summed E-state index contributed by atoms with van der Waals surface area (Å²) in [5.41, 5.74) is 1.83. The summed E-state index contributed by atoms with van der Waals surface area (Å²) >= 11 is 0. The van der Waals surface area contributed by atoms with E-state index in [4.69, 9.17) is 4.74 Å². The third-order valence-corrected chi connectivity index (χ3v) is 4.97. The predicted molar refractivity (Wildman–Crippen MR) is 62.3 cm³/mol. The lowest BCUT2D eigenvalue weighted by atomic mass is 10.2. The topological polar surface area (TPSA) is 38.7 Å². The monoisotopic (exact) mass is 225 g/mol. The number of benzene rings is 1. The van der Waals surface area contributed by atoms with Crippen LogP contribution >= 0.6 is 0 Å². The molecule has 1 aromatic rings. The van der Waals surface area contributed by atoms with Crippen LogP contribution in [-0.2, 0) is 9.73 Å². The molecule has 1 aliphatic rings. The van der Waals surface area contributed by atoms with Gasteiger partial charge in [0.1, 0.15) is 5.75 Å². The van der Waals surface area contributed by atoms with Crippen molar-refractivity contribution in [2.24, 2.45) is 4.36 Å². The molecule has 0 aromatic heterocycles. The standard InChI is InChI=1S/C11H15NO2S/c1-9-8-10(4-5-11(9)14-2)12-15(13)6-3-7-15/h4-5,8H,3,6-7H2,1-2H3. The second kappa shape index (κ2) is 3.85. The Hall–Kier alpha value is -1.03. The average molecular weight is 225 g/mol. The fourth-order valence-electron chi connectivity index (χ4n) is 1.59. The Bertz CT molecular complexity index is 477. The molecular formula is C11H15NO2S. The van der Waals surface area contributed by atoms with Gasteiger partial charge in [0.25, 0.3) is 0 Å². The molecule has 2 rings (SSSR count). The fourth-order valence-corrected chi connectivity index (χ4v) is 3.06. The molecule has 1 heterocycles. The van der Waals surface area contributed by atoms with E-state index in [1.165, 1.54) is 0 Å². The molecule has 0 atom stereocenters. The number of aryl methyl sites for hydroxylation is 1. The van der Waals surface area contributed by atoms with Gasteiger partial charge in [0.2, 0.25) is 0 Å². The summed E-state index contributed by atoms with van der Waals surface area (Å²) in [5.74, 6) is 2.34. The van der Waals surface area contributed by atoms with Gasteiger partial charge in [-0.05, 0) is 37.1 Å². The zero-order valence-corrected chi connectivity index (χ0v) is 9.84. The zero-order chi connectivity index (χ0) is 10.9. The first-order chi connectivity index (χ1) is 7.13. The van der Waals surface area contributed by atoms with Crippen molar-refractivity contribution in [3.63, 3.8) is 0 Å². The van der Waals surface area contributed by atoms with Crippen LogP contribution in [0.5, 0.6) is 5.75 Å². The average Bonchev–Trinajstić information content (AvgIpc) is 2.16. The normalized spacial score (nSPS) is 18.0. The molecule has 1 saturated heterocycles. The number of ether oxygens (including phenoxy) is 1. The molecule has 0 N–H and O–H groups in total. The first-order valence-electron chi connectivity index (χ1n) is 5.00. The van der Waals surface area contributed by atoms with E-state index in [1.54, 1.807) is 7.11 Å². The molecule has 0 aliphatic carbocycles. The minimum atomic E-state index is -1.89. The molecule has 0 spiro atoms. The maximum absolute atomic E-state index is 11.9. The van der Waals surface area contributed by atoms with E-state index in [-0.39, 0.29) is 0 Å². The molecule has 0 bridgehead atoms. The van der Waals surface area contributed by atoms with Gasteiger partial charge in [0.15, 0.2) is 0 Å². The van der Waals surface area contributed by atoms with Crippen molar-refractivity contribution in [2.45, 2.75) is 13.3 Å².